The molecule has 1 atom stereocenters. The van der Waals surface area contributed by atoms with Gasteiger partial charge in [-0.15, -0.1) is 0 Å². The second kappa shape index (κ2) is 19.8. The van der Waals surface area contributed by atoms with Crippen LogP contribution < -0.4 is 15.4 Å². The van der Waals surface area contributed by atoms with E-state index < -0.39 is 6.10 Å². The highest BCUT2D eigenvalue weighted by molar-refractivity contribution is 5.84. The molecule has 9 nitrogen and oxygen atoms in total. The fraction of sp³-hybridized carbons (Fsp3) is 0.432. The number of fused-ring (bicyclic) bond motifs is 1. The number of amides is 2. The van der Waals surface area contributed by atoms with Crippen molar-refractivity contribution in [1.29, 1.82) is 0 Å². The number of aliphatic hydroxyl groups excluding tert-OH is 1. The zero-order valence-electron chi connectivity index (χ0n) is 30.8. The minimum Gasteiger partial charge on any atom is -0.490 e. The molecule has 0 saturated heterocycles. The van der Waals surface area contributed by atoms with E-state index in [-0.39, 0.29) is 36.4 Å². The van der Waals surface area contributed by atoms with Gasteiger partial charge < -0.3 is 30.3 Å². The highest BCUT2D eigenvalue weighted by Gasteiger charge is 2.28. The van der Waals surface area contributed by atoms with E-state index in [0.717, 1.165) is 75.1 Å². The second-order valence-corrected chi connectivity index (χ2v) is 14.6. The van der Waals surface area contributed by atoms with Crippen LogP contribution in [0.1, 0.15) is 62.5 Å². The number of β-amino-alcohol motifs (C(OH)–C–C–N with tert-alkyl or cyclic N) is 1. The molecule has 0 bridgehead atoms. The lowest BCUT2D eigenvalue weighted by molar-refractivity contribution is -0.127. The molecule has 1 unspecified atom stereocenters. The fourth-order valence-electron chi connectivity index (χ4n) is 7.55. The highest BCUT2D eigenvalue weighted by atomic mass is 16.5. The molecular formula is C44H55N5O4. The van der Waals surface area contributed by atoms with Crippen LogP contribution in [-0.2, 0) is 22.4 Å². The SMILES string of the molecule is O=C(CN1C=CN(CC(O)COc2cccc3ncccc23)CC1)NC1CCC(C(=O)NC(CCCc2ccccc2)CCCc2ccccc2)CC1. The monoisotopic (exact) mass is 717 g/mol. The van der Waals surface area contributed by atoms with E-state index in [1.165, 1.54) is 11.1 Å². The minimum absolute atomic E-state index is 0.00490. The van der Waals surface area contributed by atoms with E-state index in [9.17, 15) is 14.7 Å². The Morgan fingerprint density at radius 1 is 0.792 bits per heavy atom. The van der Waals surface area contributed by atoms with Gasteiger partial charge in [0.2, 0.25) is 11.8 Å². The summed E-state index contributed by atoms with van der Waals surface area (Å²) >= 11 is 0. The molecular weight excluding hydrogens is 663 g/mol. The number of aliphatic hydroxyl groups is 1. The zero-order valence-corrected chi connectivity index (χ0v) is 30.8. The molecule has 1 aliphatic carbocycles. The average Bonchev–Trinajstić information content (AvgIpc) is 3.19. The van der Waals surface area contributed by atoms with Gasteiger partial charge >= 0.3 is 0 Å². The van der Waals surface area contributed by atoms with Gasteiger partial charge in [0, 0.05) is 61.6 Å². The van der Waals surface area contributed by atoms with E-state index in [4.69, 9.17) is 4.74 Å². The maximum atomic E-state index is 13.5. The largest absolute Gasteiger partial charge is 0.490 e. The van der Waals surface area contributed by atoms with Gasteiger partial charge in [0.25, 0.3) is 0 Å². The predicted octanol–water partition coefficient (Wildman–Crippen LogP) is 6.27. The molecule has 280 valence electrons. The Bertz CT molecular complexity index is 1690. The third-order valence-corrected chi connectivity index (χ3v) is 10.5. The van der Waals surface area contributed by atoms with Gasteiger partial charge in [0.05, 0.1) is 12.1 Å². The van der Waals surface area contributed by atoms with Crippen molar-refractivity contribution in [3.8, 4) is 5.75 Å². The number of ether oxygens (including phenoxy) is 1. The van der Waals surface area contributed by atoms with Crippen molar-refractivity contribution in [3.05, 3.63) is 121 Å². The molecule has 0 spiro atoms. The van der Waals surface area contributed by atoms with Crippen molar-refractivity contribution in [2.45, 2.75) is 82.4 Å². The van der Waals surface area contributed by atoms with Gasteiger partial charge in [0.15, 0.2) is 0 Å². The summed E-state index contributed by atoms with van der Waals surface area (Å²) in [5, 5.41) is 18.2. The normalized spacial score (nSPS) is 17.8. The fourth-order valence-corrected chi connectivity index (χ4v) is 7.55. The second-order valence-electron chi connectivity index (χ2n) is 14.6. The summed E-state index contributed by atoms with van der Waals surface area (Å²) in [5.74, 6) is 0.882. The number of rotatable bonds is 18. The zero-order chi connectivity index (χ0) is 36.7. The molecule has 1 aromatic heterocycles. The van der Waals surface area contributed by atoms with Crippen LogP contribution in [0.25, 0.3) is 10.9 Å². The summed E-state index contributed by atoms with van der Waals surface area (Å²) in [5.41, 5.74) is 3.54. The topological polar surface area (TPSA) is 107 Å². The summed E-state index contributed by atoms with van der Waals surface area (Å²) in [6.07, 6.45) is 14.2. The first-order chi connectivity index (χ1) is 26.0. The number of nitrogens with one attached hydrogen (secondary N) is 2. The molecule has 4 aromatic rings. The standard InChI is InChI=1S/C44H55N5O4/c50-39(33-53-42-21-9-20-41-40(42)19-10-26-45-41)31-48-27-29-49(30-28-48)32-43(51)46-38-24-22-36(23-25-38)44(52)47-37(17-7-15-34-11-3-1-4-12-34)18-8-16-35-13-5-2-6-14-35/h1-6,9-14,19-21,26-27,29,36-39,50H,7-8,15-18,22-25,28,30-33H2,(H,46,51)(H,47,52). The van der Waals surface area contributed by atoms with Crippen molar-refractivity contribution in [1.82, 2.24) is 25.4 Å². The third kappa shape index (κ3) is 12.1. The van der Waals surface area contributed by atoms with Crippen LogP contribution in [0.15, 0.2) is 110 Å². The number of pyridine rings is 1. The number of nitrogens with zero attached hydrogens (tertiary/aromatic N) is 3. The van der Waals surface area contributed by atoms with E-state index in [1.807, 2.05) is 47.6 Å². The van der Waals surface area contributed by atoms with Gasteiger partial charge in [-0.05, 0) is 99.6 Å². The summed E-state index contributed by atoms with van der Waals surface area (Å²) in [6.45, 7) is 2.31. The van der Waals surface area contributed by atoms with Crippen LogP contribution in [0.5, 0.6) is 5.75 Å². The molecule has 2 aliphatic rings. The van der Waals surface area contributed by atoms with Crippen LogP contribution in [0.3, 0.4) is 0 Å². The number of benzene rings is 3. The number of aromatic nitrogens is 1. The number of aryl methyl sites for hydroxylation is 2. The van der Waals surface area contributed by atoms with Crippen LogP contribution >= 0.6 is 0 Å². The molecule has 1 aliphatic heterocycles. The number of carbonyl (C=O) groups is 2. The molecule has 2 heterocycles. The van der Waals surface area contributed by atoms with E-state index in [1.54, 1.807) is 6.20 Å². The van der Waals surface area contributed by atoms with E-state index in [0.29, 0.717) is 31.9 Å². The van der Waals surface area contributed by atoms with Gasteiger partial charge in [0.1, 0.15) is 18.5 Å². The maximum absolute atomic E-state index is 13.5. The molecule has 1 fully saturated rings. The van der Waals surface area contributed by atoms with Crippen LogP contribution in [0, 0.1) is 5.92 Å². The van der Waals surface area contributed by atoms with Gasteiger partial charge in [-0.3, -0.25) is 14.6 Å². The first-order valence-electron chi connectivity index (χ1n) is 19.5. The summed E-state index contributed by atoms with van der Waals surface area (Å²) < 4.78 is 5.93. The Labute approximate surface area is 314 Å². The molecule has 3 aromatic carbocycles. The van der Waals surface area contributed by atoms with Crippen molar-refractivity contribution in [3.63, 3.8) is 0 Å². The molecule has 9 heteroatoms. The van der Waals surface area contributed by atoms with Crippen molar-refractivity contribution in [2.75, 3.05) is 32.8 Å². The quantitative estimate of drug-likeness (QED) is 0.112. The van der Waals surface area contributed by atoms with Crippen LogP contribution in [0.4, 0.5) is 0 Å². The van der Waals surface area contributed by atoms with E-state index >= 15 is 0 Å². The smallest absolute Gasteiger partial charge is 0.239 e. The summed E-state index contributed by atoms with van der Waals surface area (Å²) in [7, 11) is 0. The molecule has 1 saturated carbocycles. The molecule has 2 amide bonds. The summed E-state index contributed by atoms with van der Waals surface area (Å²) in [6, 6.07) is 31.0. The first-order valence-corrected chi connectivity index (χ1v) is 19.5. The Morgan fingerprint density at radius 2 is 1.45 bits per heavy atom. The van der Waals surface area contributed by atoms with Gasteiger partial charge in [-0.1, -0.05) is 66.7 Å². The Hall–Kier alpha value is -4.89. The average molecular weight is 718 g/mol. The lowest BCUT2D eigenvalue weighted by atomic mass is 9.85. The highest BCUT2D eigenvalue weighted by Crippen LogP contribution is 2.26. The Morgan fingerprint density at radius 3 is 2.11 bits per heavy atom. The van der Waals surface area contributed by atoms with Gasteiger partial charge in [-0.25, -0.2) is 0 Å². The molecule has 6 rings (SSSR count). The van der Waals surface area contributed by atoms with Crippen LogP contribution in [-0.4, -0.2) is 82.7 Å². The lowest BCUT2D eigenvalue weighted by Crippen LogP contribution is -2.47. The number of hydrogen-bond donors (Lipinski definition) is 3. The van der Waals surface area contributed by atoms with E-state index in [2.05, 4.69) is 81.2 Å². The van der Waals surface area contributed by atoms with Crippen LogP contribution in [0.2, 0.25) is 0 Å². The third-order valence-electron chi connectivity index (χ3n) is 10.5. The maximum Gasteiger partial charge on any atom is 0.239 e. The molecule has 53 heavy (non-hydrogen) atoms. The lowest BCUT2D eigenvalue weighted by Gasteiger charge is -2.33. The number of carbonyl (C=O) groups excluding carboxylic acids is 2. The van der Waals surface area contributed by atoms with Gasteiger partial charge in [-0.2, -0.15) is 0 Å². The first kappa shape index (κ1) is 37.9. The number of hydrogen-bond acceptors (Lipinski definition) is 7. The Kier molecular flexibility index (Phi) is 14.1. The van der Waals surface area contributed by atoms with Crippen molar-refractivity contribution in [2.24, 2.45) is 5.92 Å². The molecule has 3 N–H and O–H groups in total. The summed E-state index contributed by atoms with van der Waals surface area (Å²) in [4.78, 5) is 34.9. The Balaban J connectivity index is 0.882. The minimum atomic E-state index is -0.663. The predicted molar refractivity (Wildman–Crippen MR) is 210 cm³/mol. The molecule has 0 radical (unpaired) electrons. The van der Waals surface area contributed by atoms with Crippen molar-refractivity contribution >= 4 is 22.7 Å². The van der Waals surface area contributed by atoms with Crippen molar-refractivity contribution < 1.29 is 19.4 Å².